The molecule has 2 aliphatic rings. The summed E-state index contributed by atoms with van der Waals surface area (Å²) >= 11 is 0. The number of nitrogens with one attached hydrogen (secondary N) is 3. The van der Waals surface area contributed by atoms with Crippen LogP contribution in [0.15, 0.2) is 0 Å². The molecule has 18 heavy (non-hydrogen) atoms. The van der Waals surface area contributed by atoms with E-state index in [0.717, 1.165) is 12.5 Å². The maximum Gasteiger partial charge on any atom is 0.221 e. The molecule has 2 rings (SSSR count). The summed E-state index contributed by atoms with van der Waals surface area (Å²) in [6.07, 6.45) is 8.57. The van der Waals surface area contributed by atoms with Crippen molar-refractivity contribution >= 4 is 5.91 Å². The molecule has 1 saturated carbocycles. The highest BCUT2D eigenvalue weighted by molar-refractivity contribution is 5.75. The number of carbonyl (C=O) groups excluding carboxylic acids is 1. The first-order valence-electron chi connectivity index (χ1n) is 7.48. The third-order valence-corrected chi connectivity index (χ3v) is 4.47. The lowest BCUT2D eigenvalue weighted by Crippen LogP contribution is -2.47. The van der Waals surface area contributed by atoms with Gasteiger partial charge in [0.2, 0.25) is 5.91 Å². The van der Waals surface area contributed by atoms with E-state index in [4.69, 9.17) is 0 Å². The molecule has 3 unspecified atom stereocenters. The molecular weight excluding hydrogens is 226 g/mol. The van der Waals surface area contributed by atoms with Crippen LogP contribution in [0.4, 0.5) is 0 Å². The minimum absolute atomic E-state index is 0.133. The van der Waals surface area contributed by atoms with Crippen molar-refractivity contribution < 1.29 is 4.79 Å². The van der Waals surface area contributed by atoms with E-state index < -0.39 is 0 Å². The zero-order chi connectivity index (χ0) is 12.8. The number of rotatable bonds is 5. The van der Waals surface area contributed by atoms with Crippen LogP contribution < -0.4 is 16.0 Å². The molecule has 0 aromatic rings. The summed E-state index contributed by atoms with van der Waals surface area (Å²) in [5, 5.41) is 9.94. The smallest absolute Gasteiger partial charge is 0.221 e. The van der Waals surface area contributed by atoms with Gasteiger partial charge in [-0.2, -0.15) is 0 Å². The Labute approximate surface area is 110 Å². The fourth-order valence-corrected chi connectivity index (χ4v) is 3.47. The molecule has 0 bridgehead atoms. The van der Waals surface area contributed by atoms with Gasteiger partial charge in [-0.3, -0.25) is 4.79 Å². The van der Waals surface area contributed by atoms with Crippen LogP contribution in [-0.4, -0.2) is 38.1 Å². The van der Waals surface area contributed by atoms with E-state index in [2.05, 4.69) is 16.0 Å². The molecule has 1 saturated heterocycles. The lowest BCUT2D eigenvalue weighted by atomic mass is 9.79. The van der Waals surface area contributed by atoms with E-state index in [1.807, 2.05) is 0 Å². The van der Waals surface area contributed by atoms with Gasteiger partial charge in [0, 0.05) is 32.1 Å². The number of carbonyl (C=O) groups is 1. The first-order valence-corrected chi connectivity index (χ1v) is 7.48. The second-order valence-corrected chi connectivity index (χ2v) is 5.63. The summed E-state index contributed by atoms with van der Waals surface area (Å²) < 4.78 is 0. The van der Waals surface area contributed by atoms with Crippen molar-refractivity contribution in [3.05, 3.63) is 0 Å². The molecule has 104 valence electrons. The monoisotopic (exact) mass is 253 g/mol. The van der Waals surface area contributed by atoms with Gasteiger partial charge in [0.15, 0.2) is 0 Å². The van der Waals surface area contributed by atoms with Crippen LogP contribution in [0.2, 0.25) is 0 Å². The van der Waals surface area contributed by atoms with Crippen LogP contribution in [0.1, 0.15) is 44.9 Å². The standard InChI is InChI=1S/C14H27N3O/c1-15-14(18)8-10-17-12-6-3-2-5-11(12)13-7-4-9-16-13/h11-13,16-17H,2-10H2,1H3,(H,15,18). The lowest BCUT2D eigenvalue weighted by molar-refractivity contribution is -0.120. The molecule has 1 aliphatic heterocycles. The summed E-state index contributed by atoms with van der Waals surface area (Å²) in [7, 11) is 1.70. The van der Waals surface area contributed by atoms with Gasteiger partial charge in [-0.05, 0) is 38.1 Å². The Morgan fingerprint density at radius 1 is 1.22 bits per heavy atom. The molecule has 0 radical (unpaired) electrons. The highest BCUT2D eigenvalue weighted by Crippen LogP contribution is 2.30. The van der Waals surface area contributed by atoms with Crippen LogP contribution in [0.3, 0.4) is 0 Å². The summed E-state index contributed by atoms with van der Waals surface area (Å²) in [4.78, 5) is 11.2. The second kappa shape index (κ2) is 7.10. The van der Waals surface area contributed by atoms with Crippen molar-refractivity contribution in [2.24, 2.45) is 5.92 Å². The average Bonchev–Trinajstić information content (AvgIpc) is 2.93. The van der Waals surface area contributed by atoms with Gasteiger partial charge in [0.1, 0.15) is 0 Å². The Morgan fingerprint density at radius 2 is 2.06 bits per heavy atom. The minimum atomic E-state index is 0.133. The number of amides is 1. The van der Waals surface area contributed by atoms with E-state index in [1.54, 1.807) is 7.05 Å². The zero-order valence-electron chi connectivity index (χ0n) is 11.5. The van der Waals surface area contributed by atoms with Gasteiger partial charge in [0.05, 0.1) is 0 Å². The van der Waals surface area contributed by atoms with Gasteiger partial charge in [-0.15, -0.1) is 0 Å². The number of hydrogen-bond acceptors (Lipinski definition) is 3. The third kappa shape index (κ3) is 3.69. The van der Waals surface area contributed by atoms with E-state index >= 15 is 0 Å². The van der Waals surface area contributed by atoms with Crippen molar-refractivity contribution in [3.63, 3.8) is 0 Å². The Kier molecular flexibility index (Phi) is 5.45. The molecule has 0 aromatic heterocycles. The zero-order valence-corrected chi connectivity index (χ0v) is 11.5. The van der Waals surface area contributed by atoms with Gasteiger partial charge < -0.3 is 16.0 Å². The lowest BCUT2D eigenvalue weighted by Gasteiger charge is -2.36. The minimum Gasteiger partial charge on any atom is -0.359 e. The Morgan fingerprint density at radius 3 is 2.78 bits per heavy atom. The SMILES string of the molecule is CNC(=O)CCNC1CCCCC1C1CCCN1. The topological polar surface area (TPSA) is 53.2 Å². The van der Waals surface area contributed by atoms with Crippen LogP contribution >= 0.6 is 0 Å². The molecule has 1 amide bonds. The highest BCUT2D eigenvalue weighted by Gasteiger charge is 2.32. The van der Waals surface area contributed by atoms with Crippen LogP contribution in [-0.2, 0) is 4.79 Å². The summed E-state index contributed by atoms with van der Waals surface area (Å²) in [6.45, 7) is 2.00. The van der Waals surface area contributed by atoms with Crippen LogP contribution in [0, 0.1) is 5.92 Å². The van der Waals surface area contributed by atoms with E-state index in [1.165, 1.54) is 45.1 Å². The molecule has 1 aliphatic carbocycles. The van der Waals surface area contributed by atoms with Gasteiger partial charge >= 0.3 is 0 Å². The first kappa shape index (κ1) is 13.8. The third-order valence-electron chi connectivity index (χ3n) is 4.47. The fraction of sp³-hybridized carbons (Fsp3) is 0.929. The van der Waals surface area contributed by atoms with Crippen molar-refractivity contribution in [1.29, 1.82) is 0 Å². The molecule has 4 heteroatoms. The van der Waals surface area contributed by atoms with E-state index in [9.17, 15) is 4.79 Å². The number of hydrogen-bond donors (Lipinski definition) is 3. The van der Waals surface area contributed by atoms with Crippen LogP contribution in [0.5, 0.6) is 0 Å². The first-order chi connectivity index (χ1) is 8.81. The molecule has 1 heterocycles. The molecule has 2 fully saturated rings. The molecule has 0 spiro atoms. The van der Waals surface area contributed by atoms with Crippen molar-refractivity contribution in [3.8, 4) is 0 Å². The molecular formula is C14H27N3O. The largest absolute Gasteiger partial charge is 0.359 e. The van der Waals surface area contributed by atoms with Crippen molar-refractivity contribution in [2.75, 3.05) is 20.1 Å². The summed E-state index contributed by atoms with van der Waals surface area (Å²) in [5.41, 5.74) is 0. The Bertz CT molecular complexity index is 264. The van der Waals surface area contributed by atoms with Gasteiger partial charge in [-0.1, -0.05) is 12.8 Å². The Balaban J connectivity index is 1.78. The Hall–Kier alpha value is -0.610. The van der Waals surface area contributed by atoms with E-state index in [0.29, 0.717) is 18.5 Å². The molecule has 3 N–H and O–H groups in total. The average molecular weight is 253 g/mol. The van der Waals surface area contributed by atoms with E-state index in [-0.39, 0.29) is 5.91 Å². The highest BCUT2D eigenvalue weighted by atomic mass is 16.1. The van der Waals surface area contributed by atoms with Crippen molar-refractivity contribution in [2.45, 2.75) is 57.0 Å². The van der Waals surface area contributed by atoms with Crippen molar-refractivity contribution in [1.82, 2.24) is 16.0 Å². The summed E-state index contributed by atoms with van der Waals surface area (Å²) in [5.74, 6) is 0.903. The summed E-state index contributed by atoms with van der Waals surface area (Å²) in [6, 6.07) is 1.32. The predicted octanol–water partition coefficient (Wildman–Crippen LogP) is 1.02. The van der Waals surface area contributed by atoms with Crippen LogP contribution in [0.25, 0.3) is 0 Å². The van der Waals surface area contributed by atoms with Gasteiger partial charge in [-0.25, -0.2) is 0 Å². The molecule has 0 aromatic carbocycles. The van der Waals surface area contributed by atoms with Gasteiger partial charge in [0.25, 0.3) is 0 Å². The predicted molar refractivity (Wildman–Crippen MR) is 73.5 cm³/mol. The fourth-order valence-electron chi connectivity index (χ4n) is 3.47. The molecule has 4 nitrogen and oxygen atoms in total. The quantitative estimate of drug-likeness (QED) is 0.686. The molecule has 3 atom stereocenters. The normalized spacial score (nSPS) is 32.4. The maximum atomic E-state index is 11.2. The second-order valence-electron chi connectivity index (χ2n) is 5.63. The maximum absolute atomic E-state index is 11.2.